The molecule has 0 saturated heterocycles. The number of hydrogen-bond donors (Lipinski definition) is 1. The Labute approximate surface area is 115 Å². The molecule has 1 N–H and O–H groups in total. The van der Waals surface area contributed by atoms with Gasteiger partial charge in [0.2, 0.25) is 0 Å². The fraction of sp³-hybridized carbons (Fsp3) is 0.471. The lowest BCUT2D eigenvalue weighted by atomic mass is 9.92. The molecular formula is C17H22N2. The average molecular weight is 254 g/mol. The summed E-state index contributed by atoms with van der Waals surface area (Å²) in [6.07, 6.45) is 5.95. The van der Waals surface area contributed by atoms with Crippen molar-refractivity contribution in [3.63, 3.8) is 0 Å². The molecule has 0 spiro atoms. The largest absolute Gasteiger partial charge is 0.384 e. The van der Waals surface area contributed by atoms with Crippen molar-refractivity contribution in [2.75, 3.05) is 11.9 Å². The molecule has 0 radical (unpaired) electrons. The van der Waals surface area contributed by atoms with Crippen LogP contribution in [0, 0.1) is 0 Å². The van der Waals surface area contributed by atoms with Gasteiger partial charge in [-0.15, -0.1) is 0 Å². The van der Waals surface area contributed by atoms with Gasteiger partial charge in [0, 0.05) is 23.3 Å². The maximum absolute atomic E-state index is 4.99. The zero-order valence-corrected chi connectivity index (χ0v) is 11.9. The Morgan fingerprint density at radius 1 is 1.16 bits per heavy atom. The summed E-state index contributed by atoms with van der Waals surface area (Å²) in [6.45, 7) is 5.36. The number of nitrogens with one attached hydrogen (secondary N) is 1. The molecule has 0 atom stereocenters. The minimum Gasteiger partial charge on any atom is -0.384 e. The van der Waals surface area contributed by atoms with Crippen molar-refractivity contribution in [2.24, 2.45) is 0 Å². The Hall–Kier alpha value is -1.57. The van der Waals surface area contributed by atoms with Crippen LogP contribution < -0.4 is 5.32 Å². The van der Waals surface area contributed by atoms with Crippen molar-refractivity contribution in [3.05, 3.63) is 35.0 Å². The van der Waals surface area contributed by atoms with Crippen molar-refractivity contribution < 1.29 is 0 Å². The second-order valence-electron chi connectivity index (χ2n) is 5.32. The fourth-order valence-corrected chi connectivity index (χ4v) is 3.17. The Morgan fingerprint density at radius 3 is 2.79 bits per heavy atom. The number of hydrogen-bond acceptors (Lipinski definition) is 2. The van der Waals surface area contributed by atoms with E-state index in [4.69, 9.17) is 4.98 Å². The summed E-state index contributed by atoms with van der Waals surface area (Å²) in [5.41, 5.74) is 6.72. The molecule has 2 nitrogen and oxygen atoms in total. The number of rotatable bonds is 3. The van der Waals surface area contributed by atoms with Crippen LogP contribution in [0.4, 0.5) is 5.69 Å². The van der Waals surface area contributed by atoms with Crippen molar-refractivity contribution in [1.29, 1.82) is 0 Å². The second kappa shape index (κ2) is 5.20. The third-order valence-electron chi connectivity index (χ3n) is 4.11. The maximum Gasteiger partial charge on any atom is 0.0758 e. The quantitative estimate of drug-likeness (QED) is 0.891. The van der Waals surface area contributed by atoms with Gasteiger partial charge in [-0.05, 0) is 50.2 Å². The van der Waals surface area contributed by atoms with Crippen LogP contribution >= 0.6 is 0 Å². The minimum atomic E-state index is 0.974. The number of nitrogens with zero attached hydrogens (tertiary/aromatic N) is 1. The van der Waals surface area contributed by atoms with Crippen LogP contribution in [0.3, 0.4) is 0 Å². The van der Waals surface area contributed by atoms with Crippen molar-refractivity contribution >= 4 is 16.6 Å². The zero-order chi connectivity index (χ0) is 13.2. The highest BCUT2D eigenvalue weighted by molar-refractivity contribution is 5.95. The van der Waals surface area contributed by atoms with Crippen LogP contribution in [0.1, 0.15) is 43.5 Å². The molecular weight excluding hydrogens is 232 g/mol. The predicted octanol–water partition coefficient (Wildman–Crippen LogP) is 4.11. The smallest absolute Gasteiger partial charge is 0.0758 e. The van der Waals surface area contributed by atoms with Gasteiger partial charge in [-0.1, -0.05) is 25.1 Å². The molecule has 0 unspecified atom stereocenters. The summed E-state index contributed by atoms with van der Waals surface area (Å²) in [4.78, 5) is 4.99. The van der Waals surface area contributed by atoms with Gasteiger partial charge >= 0.3 is 0 Å². The molecule has 0 bridgehead atoms. The van der Waals surface area contributed by atoms with E-state index in [1.165, 1.54) is 52.7 Å². The van der Waals surface area contributed by atoms with E-state index in [0.29, 0.717) is 0 Å². The lowest BCUT2D eigenvalue weighted by molar-refractivity contribution is 0.672. The Morgan fingerprint density at radius 2 is 2.00 bits per heavy atom. The summed E-state index contributed by atoms with van der Waals surface area (Å²) >= 11 is 0. The summed E-state index contributed by atoms with van der Waals surface area (Å²) in [5.74, 6) is 0. The SMILES string of the molecule is CCNc1c2c(nc3c(CC)cccc13)CCCC2. The predicted molar refractivity (Wildman–Crippen MR) is 81.9 cm³/mol. The van der Waals surface area contributed by atoms with E-state index in [2.05, 4.69) is 37.4 Å². The van der Waals surface area contributed by atoms with E-state index in [0.717, 1.165) is 19.4 Å². The number of fused-ring (bicyclic) bond motifs is 2. The first-order valence-corrected chi connectivity index (χ1v) is 7.52. The van der Waals surface area contributed by atoms with Crippen LogP contribution in [0.15, 0.2) is 18.2 Å². The lowest BCUT2D eigenvalue weighted by Crippen LogP contribution is -2.11. The number of para-hydroxylation sites is 1. The number of aryl methyl sites for hydroxylation is 2. The standard InChI is InChI=1S/C17H22N2/c1-3-12-8-7-10-14-16(12)19-15-11-6-5-9-13(15)17(14)18-4-2/h7-8,10H,3-6,9,11H2,1-2H3,(H,18,19). The first-order valence-electron chi connectivity index (χ1n) is 7.52. The van der Waals surface area contributed by atoms with Crippen molar-refractivity contribution in [3.8, 4) is 0 Å². The van der Waals surface area contributed by atoms with Gasteiger partial charge in [-0.2, -0.15) is 0 Å². The monoisotopic (exact) mass is 254 g/mol. The molecule has 1 aromatic carbocycles. The average Bonchev–Trinajstić information content (AvgIpc) is 2.46. The molecule has 1 aliphatic rings. The van der Waals surface area contributed by atoms with E-state index in [9.17, 15) is 0 Å². The van der Waals surface area contributed by atoms with Gasteiger partial charge in [0.05, 0.1) is 5.52 Å². The van der Waals surface area contributed by atoms with Crippen LogP contribution in [0.2, 0.25) is 0 Å². The van der Waals surface area contributed by atoms with E-state index < -0.39 is 0 Å². The van der Waals surface area contributed by atoms with Gasteiger partial charge in [0.15, 0.2) is 0 Å². The van der Waals surface area contributed by atoms with Crippen LogP contribution in [-0.2, 0) is 19.3 Å². The second-order valence-corrected chi connectivity index (χ2v) is 5.32. The number of anilines is 1. The van der Waals surface area contributed by atoms with E-state index in [-0.39, 0.29) is 0 Å². The molecule has 2 heteroatoms. The molecule has 2 aromatic rings. The number of benzene rings is 1. The molecule has 0 saturated carbocycles. The van der Waals surface area contributed by atoms with Crippen molar-refractivity contribution in [1.82, 2.24) is 4.98 Å². The topological polar surface area (TPSA) is 24.9 Å². The van der Waals surface area contributed by atoms with E-state index in [1.54, 1.807) is 0 Å². The van der Waals surface area contributed by atoms with Crippen LogP contribution in [0.5, 0.6) is 0 Å². The third-order valence-corrected chi connectivity index (χ3v) is 4.11. The number of aromatic nitrogens is 1. The maximum atomic E-state index is 4.99. The molecule has 0 fully saturated rings. The van der Waals surface area contributed by atoms with E-state index in [1.807, 2.05) is 0 Å². The minimum absolute atomic E-state index is 0.974. The Bertz CT molecular complexity index is 602. The first kappa shape index (κ1) is 12.5. The van der Waals surface area contributed by atoms with E-state index >= 15 is 0 Å². The van der Waals surface area contributed by atoms with Gasteiger partial charge in [0.1, 0.15) is 0 Å². The van der Waals surface area contributed by atoms with Crippen molar-refractivity contribution in [2.45, 2.75) is 46.0 Å². The zero-order valence-electron chi connectivity index (χ0n) is 11.9. The molecule has 0 amide bonds. The molecule has 19 heavy (non-hydrogen) atoms. The Balaban J connectivity index is 2.31. The number of pyridine rings is 1. The van der Waals surface area contributed by atoms with Crippen LogP contribution in [-0.4, -0.2) is 11.5 Å². The lowest BCUT2D eigenvalue weighted by Gasteiger charge is -2.22. The summed E-state index contributed by atoms with van der Waals surface area (Å²) < 4.78 is 0. The summed E-state index contributed by atoms with van der Waals surface area (Å²) in [6, 6.07) is 6.59. The molecule has 1 heterocycles. The summed E-state index contributed by atoms with van der Waals surface area (Å²) in [5, 5.41) is 4.90. The van der Waals surface area contributed by atoms with Gasteiger partial charge < -0.3 is 5.32 Å². The highest BCUT2D eigenvalue weighted by Gasteiger charge is 2.18. The van der Waals surface area contributed by atoms with Crippen LogP contribution in [0.25, 0.3) is 10.9 Å². The molecule has 1 aliphatic carbocycles. The fourth-order valence-electron chi connectivity index (χ4n) is 3.17. The normalized spacial score (nSPS) is 14.4. The highest BCUT2D eigenvalue weighted by Crippen LogP contribution is 2.34. The van der Waals surface area contributed by atoms with Gasteiger partial charge in [-0.25, -0.2) is 0 Å². The van der Waals surface area contributed by atoms with Gasteiger partial charge in [0.25, 0.3) is 0 Å². The third kappa shape index (κ3) is 2.09. The molecule has 1 aromatic heterocycles. The summed E-state index contributed by atoms with van der Waals surface area (Å²) in [7, 11) is 0. The molecule has 100 valence electrons. The highest BCUT2D eigenvalue weighted by atomic mass is 14.9. The van der Waals surface area contributed by atoms with Gasteiger partial charge in [-0.3, -0.25) is 4.98 Å². The Kier molecular flexibility index (Phi) is 3.41. The first-order chi connectivity index (χ1) is 9.35. The molecule has 3 rings (SSSR count). The molecule has 0 aliphatic heterocycles.